The van der Waals surface area contributed by atoms with Crippen molar-refractivity contribution in [1.82, 2.24) is 19.8 Å². The monoisotopic (exact) mass is 320 g/mol. The number of hydrogen-bond acceptors (Lipinski definition) is 3. The summed E-state index contributed by atoms with van der Waals surface area (Å²) in [7, 11) is 0. The number of nitrogens with one attached hydrogen (secondary N) is 1. The van der Waals surface area contributed by atoms with Crippen molar-refractivity contribution in [2.45, 2.75) is 57.9 Å². The molecule has 2 amide bonds. The van der Waals surface area contributed by atoms with Crippen LogP contribution in [0.25, 0.3) is 0 Å². The molecular formula is C17H28N4O2. The summed E-state index contributed by atoms with van der Waals surface area (Å²) in [5, 5.41) is 2.90. The van der Waals surface area contributed by atoms with E-state index in [1.54, 1.807) is 12.5 Å². The Balaban J connectivity index is 1.60. The first-order valence-electron chi connectivity index (χ1n) is 8.68. The molecule has 1 aliphatic rings. The minimum atomic E-state index is -0.0361. The molecule has 1 aromatic rings. The fourth-order valence-corrected chi connectivity index (χ4v) is 2.89. The Morgan fingerprint density at radius 1 is 1.17 bits per heavy atom. The lowest BCUT2D eigenvalue weighted by molar-refractivity contribution is -0.133. The fourth-order valence-electron chi connectivity index (χ4n) is 2.89. The van der Waals surface area contributed by atoms with Gasteiger partial charge in [-0.2, -0.15) is 0 Å². The zero-order valence-corrected chi connectivity index (χ0v) is 14.0. The topological polar surface area (TPSA) is 67.2 Å². The first-order valence-corrected chi connectivity index (χ1v) is 8.68. The highest BCUT2D eigenvalue weighted by Gasteiger charge is 2.16. The highest BCUT2D eigenvalue weighted by molar-refractivity contribution is 5.83. The highest BCUT2D eigenvalue weighted by Crippen LogP contribution is 2.11. The fraction of sp³-hybridized carbons (Fsp3) is 0.706. The summed E-state index contributed by atoms with van der Waals surface area (Å²) in [6.45, 7) is 4.42. The van der Waals surface area contributed by atoms with Crippen LogP contribution in [-0.4, -0.2) is 45.9 Å². The van der Waals surface area contributed by atoms with Crippen LogP contribution in [0.2, 0.25) is 0 Å². The quantitative estimate of drug-likeness (QED) is 0.837. The molecule has 1 N–H and O–H groups in total. The normalized spacial score (nSPS) is 16.7. The zero-order valence-electron chi connectivity index (χ0n) is 14.0. The van der Waals surface area contributed by atoms with Gasteiger partial charge in [0.05, 0.1) is 6.33 Å². The Morgan fingerprint density at radius 3 is 2.57 bits per heavy atom. The summed E-state index contributed by atoms with van der Waals surface area (Å²) in [6.07, 6.45) is 11.5. The van der Waals surface area contributed by atoms with E-state index >= 15 is 0 Å². The molecule has 23 heavy (non-hydrogen) atoms. The van der Waals surface area contributed by atoms with E-state index < -0.39 is 0 Å². The van der Waals surface area contributed by atoms with E-state index in [2.05, 4.69) is 17.2 Å². The molecule has 0 aliphatic carbocycles. The second-order valence-corrected chi connectivity index (χ2v) is 6.29. The van der Waals surface area contributed by atoms with Crippen LogP contribution in [0, 0.1) is 0 Å². The van der Waals surface area contributed by atoms with Gasteiger partial charge >= 0.3 is 0 Å². The van der Waals surface area contributed by atoms with E-state index in [0.717, 1.165) is 32.4 Å². The Kier molecular flexibility index (Phi) is 7.10. The van der Waals surface area contributed by atoms with Gasteiger partial charge in [0.15, 0.2) is 0 Å². The smallest absolute Gasteiger partial charge is 0.223 e. The molecule has 0 saturated carbocycles. The molecule has 0 spiro atoms. The lowest BCUT2D eigenvalue weighted by Gasteiger charge is -2.20. The standard InChI is InChI=1S/C17H28N4O2/c1-15(21-13-10-18-14-21)8-9-19-16(22)6-7-17(23)20-11-4-2-3-5-12-20/h10,13-15H,2-9,11-12H2,1H3,(H,19,22). The molecule has 0 bridgehead atoms. The van der Waals surface area contributed by atoms with Gasteiger partial charge in [-0.3, -0.25) is 9.59 Å². The number of likely N-dealkylation sites (tertiary alicyclic amines) is 1. The predicted molar refractivity (Wildman–Crippen MR) is 88.8 cm³/mol. The van der Waals surface area contributed by atoms with Crippen molar-refractivity contribution >= 4 is 11.8 Å². The summed E-state index contributed by atoms with van der Waals surface area (Å²) in [6, 6.07) is 0.302. The Bertz CT molecular complexity index is 479. The van der Waals surface area contributed by atoms with Crippen molar-refractivity contribution < 1.29 is 9.59 Å². The maximum absolute atomic E-state index is 12.1. The van der Waals surface area contributed by atoms with Gasteiger partial charge in [0.1, 0.15) is 0 Å². The van der Waals surface area contributed by atoms with Gasteiger partial charge in [0, 0.05) is 50.9 Å². The van der Waals surface area contributed by atoms with Crippen molar-refractivity contribution in [3.8, 4) is 0 Å². The third-order valence-electron chi connectivity index (χ3n) is 4.44. The molecule has 1 saturated heterocycles. The molecule has 1 unspecified atom stereocenters. The third-order valence-corrected chi connectivity index (χ3v) is 4.44. The zero-order chi connectivity index (χ0) is 16.5. The second kappa shape index (κ2) is 9.33. The van der Waals surface area contributed by atoms with E-state index in [-0.39, 0.29) is 18.2 Å². The molecule has 0 radical (unpaired) electrons. The van der Waals surface area contributed by atoms with Crippen LogP contribution in [0.1, 0.15) is 57.9 Å². The molecule has 6 heteroatoms. The average Bonchev–Trinajstić information content (AvgIpc) is 2.95. The molecule has 2 heterocycles. The molecule has 128 valence electrons. The van der Waals surface area contributed by atoms with Crippen molar-refractivity contribution in [3.63, 3.8) is 0 Å². The third kappa shape index (κ3) is 6.04. The Morgan fingerprint density at radius 2 is 1.91 bits per heavy atom. The van der Waals surface area contributed by atoms with Gasteiger partial charge in [-0.15, -0.1) is 0 Å². The van der Waals surface area contributed by atoms with Crippen molar-refractivity contribution in [1.29, 1.82) is 0 Å². The number of amides is 2. The number of nitrogens with zero attached hydrogens (tertiary/aromatic N) is 3. The minimum absolute atomic E-state index is 0.0361. The van der Waals surface area contributed by atoms with Gasteiger partial charge in [-0.1, -0.05) is 12.8 Å². The van der Waals surface area contributed by atoms with Gasteiger partial charge in [0.25, 0.3) is 0 Å². The largest absolute Gasteiger partial charge is 0.356 e. The van der Waals surface area contributed by atoms with Gasteiger partial charge in [0.2, 0.25) is 11.8 Å². The molecule has 1 atom stereocenters. The number of hydrogen-bond donors (Lipinski definition) is 1. The van der Waals surface area contributed by atoms with E-state index in [1.807, 2.05) is 15.7 Å². The van der Waals surface area contributed by atoms with Gasteiger partial charge in [-0.05, 0) is 26.2 Å². The SMILES string of the molecule is CC(CCNC(=O)CCC(=O)N1CCCCCC1)n1ccnc1. The van der Waals surface area contributed by atoms with Crippen LogP contribution in [-0.2, 0) is 9.59 Å². The second-order valence-electron chi connectivity index (χ2n) is 6.29. The van der Waals surface area contributed by atoms with Crippen LogP contribution in [0.3, 0.4) is 0 Å². The lowest BCUT2D eigenvalue weighted by Crippen LogP contribution is -2.33. The number of carbonyl (C=O) groups excluding carboxylic acids is 2. The average molecular weight is 320 g/mol. The summed E-state index contributed by atoms with van der Waals surface area (Å²) >= 11 is 0. The van der Waals surface area contributed by atoms with E-state index in [0.29, 0.717) is 19.0 Å². The van der Waals surface area contributed by atoms with Crippen LogP contribution >= 0.6 is 0 Å². The Hall–Kier alpha value is -1.85. The first-order chi connectivity index (χ1) is 11.2. The first kappa shape index (κ1) is 17.5. The molecule has 2 rings (SSSR count). The Labute approximate surface area is 138 Å². The van der Waals surface area contributed by atoms with E-state index in [4.69, 9.17) is 0 Å². The van der Waals surface area contributed by atoms with Gasteiger partial charge in [-0.25, -0.2) is 4.98 Å². The van der Waals surface area contributed by atoms with E-state index in [9.17, 15) is 9.59 Å². The molecule has 0 aromatic carbocycles. The lowest BCUT2D eigenvalue weighted by atomic mass is 10.2. The summed E-state index contributed by atoms with van der Waals surface area (Å²) < 4.78 is 2.02. The number of imidazole rings is 1. The van der Waals surface area contributed by atoms with Crippen LogP contribution < -0.4 is 5.32 Å². The van der Waals surface area contributed by atoms with Crippen molar-refractivity contribution in [2.24, 2.45) is 0 Å². The molecule has 1 aromatic heterocycles. The molecule has 1 aliphatic heterocycles. The molecular weight excluding hydrogens is 292 g/mol. The van der Waals surface area contributed by atoms with Crippen LogP contribution in [0.4, 0.5) is 0 Å². The van der Waals surface area contributed by atoms with Gasteiger partial charge < -0.3 is 14.8 Å². The number of carbonyl (C=O) groups is 2. The summed E-state index contributed by atoms with van der Waals surface area (Å²) in [5.74, 6) is 0.0832. The van der Waals surface area contributed by atoms with Crippen molar-refractivity contribution in [3.05, 3.63) is 18.7 Å². The summed E-state index contributed by atoms with van der Waals surface area (Å²) in [4.78, 5) is 29.9. The van der Waals surface area contributed by atoms with Crippen LogP contribution in [0.5, 0.6) is 0 Å². The number of rotatable bonds is 7. The van der Waals surface area contributed by atoms with Crippen molar-refractivity contribution in [2.75, 3.05) is 19.6 Å². The molecule has 1 fully saturated rings. The highest BCUT2D eigenvalue weighted by atomic mass is 16.2. The maximum atomic E-state index is 12.1. The molecule has 6 nitrogen and oxygen atoms in total. The number of aromatic nitrogens is 2. The maximum Gasteiger partial charge on any atom is 0.223 e. The predicted octanol–water partition coefficient (Wildman–Crippen LogP) is 2.13. The minimum Gasteiger partial charge on any atom is -0.356 e. The summed E-state index contributed by atoms with van der Waals surface area (Å²) in [5.41, 5.74) is 0. The van der Waals surface area contributed by atoms with Crippen LogP contribution in [0.15, 0.2) is 18.7 Å². The van der Waals surface area contributed by atoms with E-state index in [1.165, 1.54) is 12.8 Å².